The van der Waals surface area contributed by atoms with Crippen molar-refractivity contribution in [3.05, 3.63) is 24.0 Å². The standard InChI is InChI=1S/C12H19N3.2ClH/c1-2-11(14-5-1)12(10-3-4-10)15-8-6-13-7-9-15;;/h1-2,5,10,12-14H,3-4,6-9H2;2*1H/t12-;;/m1../s1. The Labute approximate surface area is 115 Å². The van der Waals surface area contributed by atoms with Crippen LogP contribution in [0.1, 0.15) is 24.6 Å². The molecule has 0 bridgehead atoms. The first kappa shape index (κ1) is 14.8. The van der Waals surface area contributed by atoms with Crippen molar-refractivity contribution in [2.45, 2.75) is 18.9 Å². The van der Waals surface area contributed by atoms with E-state index in [1.54, 1.807) is 0 Å². The molecule has 0 amide bonds. The molecule has 5 heteroatoms. The van der Waals surface area contributed by atoms with Gasteiger partial charge in [0.2, 0.25) is 0 Å². The third-order valence-electron chi connectivity index (χ3n) is 3.55. The number of halogens is 2. The molecule has 3 rings (SSSR count). The fraction of sp³-hybridized carbons (Fsp3) is 0.667. The predicted octanol–water partition coefficient (Wildman–Crippen LogP) is 2.21. The van der Waals surface area contributed by atoms with Gasteiger partial charge < -0.3 is 10.3 Å². The van der Waals surface area contributed by atoms with Crippen LogP contribution >= 0.6 is 24.8 Å². The number of hydrogen-bond acceptors (Lipinski definition) is 2. The van der Waals surface area contributed by atoms with Crippen LogP contribution in [-0.4, -0.2) is 36.1 Å². The third kappa shape index (κ3) is 3.38. The average molecular weight is 278 g/mol. The summed E-state index contributed by atoms with van der Waals surface area (Å²) in [7, 11) is 0. The van der Waals surface area contributed by atoms with Crippen molar-refractivity contribution < 1.29 is 0 Å². The number of nitrogens with one attached hydrogen (secondary N) is 2. The predicted molar refractivity (Wildman–Crippen MR) is 75.2 cm³/mol. The lowest BCUT2D eigenvalue weighted by molar-refractivity contribution is 0.153. The van der Waals surface area contributed by atoms with Crippen LogP contribution in [-0.2, 0) is 0 Å². The Morgan fingerprint density at radius 3 is 2.41 bits per heavy atom. The number of H-pyrrole nitrogens is 1. The first-order chi connectivity index (χ1) is 7.45. The number of piperazine rings is 1. The van der Waals surface area contributed by atoms with Crippen molar-refractivity contribution in [1.82, 2.24) is 15.2 Å². The van der Waals surface area contributed by atoms with Crippen molar-refractivity contribution in [2.75, 3.05) is 26.2 Å². The van der Waals surface area contributed by atoms with Gasteiger partial charge in [-0.2, -0.15) is 0 Å². The number of rotatable bonds is 3. The molecule has 1 atom stereocenters. The molecule has 0 radical (unpaired) electrons. The lowest BCUT2D eigenvalue weighted by atomic mass is 10.1. The number of aromatic amines is 1. The zero-order chi connectivity index (χ0) is 10.1. The molecule has 2 heterocycles. The van der Waals surface area contributed by atoms with E-state index in [0.29, 0.717) is 6.04 Å². The van der Waals surface area contributed by atoms with Gasteiger partial charge in [0.1, 0.15) is 0 Å². The maximum Gasteiger partial charge on any atom is 0.0527 e. The Hall–Kier alpha value is -0.220. The van der Waals surface area contributed by atoms with Gasteiger partial charge in [-0.1, -0.05) is 0 Å². The molecule has 3 nitrogen and oxygen atoms in total. The van der Waals surface area contributed by atoms with Gasteiger partial charge >= 0.3 is 0 Å². The molecule has 1 aliphatic carbocycles. The van der Waals surface area contributed by atoms with E-state index in [0.717, 1.165) is 19.0 Å². The summed E-state index contributed by atoms with van der Waals surface area (Å²) in [4.78, 5) is 6.03. The van der Waals surface area contributed by atoms with E-state index in [1.165, 1.54) is 31.6 Å². The molecule has 1 saturated heterocycles. The van der Waals surface area contributed by atoms with Gasteiger partial charge in [0.05, 0.1) is 6.04 Å². The first-order valence-corrected chi connectivity index (χ1v) is 6.03. The lowest BCUT2D eigenvalue weighted by Gasteiger charge is -2.34. The maximum absolute atomic E-state index is 3.42. The molecule has 1 saturated carbocycles. The highest BCUT2D eigenvalue weighted by atomic mass is 35.5. The molecule has 98 valence electrons. The van der Waals surface area contributed by atoms with Gasteiger partial charge in [0, 0.05) is 38.1 Å². The van der Waals surface area contributed by atoms with Gasteiger partial charge in [0.25, 0.3) is 0 Å². The molecule has 1 aromatic rings. The molecular weight excluding hydrogens is 257 g/mol. The summed E-state index contributed by atoms with van der Waals surface area (Å²) < 4.78 is 0. The molecule has 17 heavy (non-hydrogen) atoms. The van der Waals surface area contributed by atoms with Crippen molar-refractivity contribution >= 4 is 24.8 Å². The molecule has 0 unspecified atom stereocenters. The van der Waals surface area contributed by atoms with Crippen LogP contribution in [0.15, 0.2) is 18.3 Å². The Morgan fingerprint density at radius 2 is 1.88 bits per heavy atom. The quantitative estimate of drug-likeness (QED) is 0.888. The summed E-state index contributed by atoms with van der Waals surface area (Å²) >= 11 is 0. The van der Waals surface area contributed by atoms with Crippen molar-refractivity contribution in [2.24, 2.45) is 5.92 Å². The Bertz CT molecular complexity index is 306. The van der Waals surface area contributed by atoms with Crippen molar-refractivity contribution in [3.8, 4) is 0 Å². The Morgan fingerprint density at radius 1 is 1.18 bits per heavy atom. The number of nitrogens with zero attached hydrogens (tertiary/aromatic N) is 1. The zero-order valence-corrected chi connectivity index (χ0v) is 11.5. The van der Waals surface area contributed by atoms with Gasteiger partial charge in [0.15, 0.2) is 0 Å². The normalized spacial score (nSPS) is 22.4. The first-order valence-electron chi connectivity index (χ1n) is 6.03. The maximum atomic E-state index is 3.42. The summed E-state index contributed by atoms with van der Waals surface area (Å²) in [6.45, 7) is 4.67. The fourth-order valence-corrected chi connectivity index (χ4v) is 2.65. The Balaban J connectivity index is 0.000000722. The minimum Gasteiger partial charge on any atom is -0.364 e. The van der Waals surface area contributed by atoms with Crippen molar-refractivity contribution in [3.63, 3.8) is 0 Å². The van der Waals surface area contributed by atoms with Crippen LogP contribution < -0.4 is 5.32 Å². The highest BCUT2D eigenvalue weighted by Gasteiger charge is 2.37. The molecule has 0 spiro atoms. The van der Waals surface area contributed by atoms with Crippen LogP contribution in [0.2, 0.25) is 0 Å². The highest BCUT2D eigenvalue weighted by Crippen LogP contribution is 2.43. The second-order valence-electron chi connectivity index (χ2n) is 4.69. The summed E-state index contributed by atoms with van der Waals surface area (Å²) in [5.41, 5.74) is 1.42. The lowest BCUT2D eigenvalue weighted by Crippen LogP contribution is -2.45. The van der Waals surface area contributed by atoms with Crippen molar-refractivity contribution in [1.29, 1.82) is 0 Å². The topological polar surface area (TPSA) is 31.1 Å². The molecule has 2 N–H and O–H groups in total. The van der Waals surface area contributed by atoms with Crippen LogP contribution in [0, 0.1) is 5.92 Å². The largest absolute Gasteiger partial charge is 0.364 e. The van der Waals surface area contributed by atoms with E-state index in [1.807, 2.05) is 6.20 Å². The summed E-state index contributed by atoms with van der Waals surface area (Å²) in [5, 5.41) is 3.42. The molecule has 2 fully saturated rings. The number of aromatic nitrogens is 1. The van der Waals surface area contributed by atoms with E-state index >= 15 is 0 Å². The molecule has 2 aliphatic rings. The van der Waals surface area contributed by atoms with Gasteiger partial charge in [-0.05, 0) is 30.9 Å². The minimum atomic E-state index is 0. The van der Waals surface area contributed by atoms with E-state index < -0.39 is 0 Å². The molecule has 0 aromatic carbocycles. The van der Waals surface area contributed by atoms with Crippen LogP contribution in [0.5, 0.6) is 0 Å². The summed E-state index contributed by atoms with van der Waals surface area (Å²) in [5.74, 6) is 0.904. The average Bonchev–Trinajstić information content (AvgIpc) is 2.96. The van der Waals surface area contributed by atoms with Crippen LogP contribution in [0.25, 0.3) is 0 Å². The van der Waals surface area contributed by atoms with Gasteiger partial charge in [-0.15, -0.1) is 24.8 Å². The smallest absolute Gasteiger partial charge is 0.0527 e. The van der Waals surface area contributed by atoms with Gasteiger partial charge in [-0.3, -0.25) is 4.90 Å². The monoisotopic (exact) mass is 277 g/mol. The zero-order valence-electron chi connectivity index (χ0n) is 9.89. The second kappa shape index (κ2) is 6.64. The number of hydrogen-bond donors (Lipinski definition) is 2. The van der Waals surface area contributed by atoms with Gasteiger partial charge in [-0.25, -0.2) is 0 Å². The van der Waals surface area contributed by atoms with E-state index in [4.69, 9.17) is 0 Å². The molecular formula is C12H21Cl2N3. The summed E-state index contributed by atoms with van der Waals surface area (Å²) in [6.07, 6.45) is 4.87. The molecule has 1 aliphatic heterocycles. The Kier molecular flexibility index (Phi) is 5.80. The van der Waals surface area contributed by atoms with Crippen LogP contribution in [0.4, 0.5) is 0 Å². The highest BCUT2D eigenvalue weighted by molar-refractivity contribution is 5.85. The van der Waals surface area contributed by atoms with E-state index in [2.05, 4.69) is 27.3 Å². The second-order valence-corrected chi connectivity index (χ2v) is 4.69. The minimum absolute atomic E-state index is 0. The third-order valence-corrected chi connectivity index (χ3v) is 3.55. The SMILES string of the molecule is Cl.Cl.c1c[nH]c([C@@H](C2CC2)N2CCNCC2)c1. The summed E-state index contributed by atoms with van der Waals surface area (Å²) in [6, 6.07) is 5.01. The van der Waals surface area contributed by atoms with E-state index in [9.17, 15) is 0 Å². The fourth-order valence-electron chi connectivity index (χ4n) is 2.65. The van der Waals surface area contributed by atoms with E-state index in [-0.39, 0.29) is 24.8 Å². The van der Waals surface area contributed by atoms with Crippen LogP contribution in [0.3, 0.4) is 0 Å². The molecule has 1 aromatic heterocycles.